The fourth-order valence-electron chi connectivity index (χ4n) is 4.15. The van der Waals surface area contributed by atoms with Crippen LogP contribution in [0.5, 0.6) is 5.75 Å². The summed E-state index contributed by atoms with van der Waals surface area (Å²) in [6.45, 7) is 3.37. The second-order valence-corrected chi connectivity index (χ2v) is 10.4. The summed E-state index contributed by atoms with van der Waals surface area (Å²) in [7, 11) is 1.71. The summed E-state index contributed by atoms with van der Waals surface area (Å²) in [5.41, 5.74) is 3.57. The number of carbonyl (C=O) groups excluding carboxylic acids is 1. The molecule has 2 fully saturated rings. The van der Waals surface area contributed by atoms with Gasteiger partial charge in [0.2, 0.25) is 0 Å². The first-order chi connectivity index (χ1) is 18.9. The first-order valence-corrected chi connectivity index (χ1v) is 13.5. The van der Waals surface area contributed by atoms with Crippen molar-refractivity contribution in [3.63, 3.8) is 0 Å². The Morgan fingerprint density at radius 3 is 2.62 bits per heavy atom. The molecule has 0 unspecified atom stereocenters. The van der Waals surface area contributed by atoms with E-state index in [0.29, 0.717) is 20.8 Å². The number of carboxylic acids is 1. The molecule has 2 aliphatic rings. The summed E-state index contributed by atoms with van der Waals surface area (Å²) in [6.07, 6.45) is 1.78. The predicted octanol–water partition coefficient (Wildman–Crippen LogP) is 5.69. The standard InChI is InChI=1S/C29H26ClN3O5S/c1-32-27(34)26(39-29(32)31-22-6-8-23(9-7-22)33-11-13-37-14-12-33)17-19-5-10-25(24(30)16-19)38-18-20-3-2-4-21(15-20)28(35)36/h2-10,15-17H,11-14,18H2,1H3,(H,35,36)/b26-17-,31-29?. The molecule has 10 heteroatoms. The molecule has 39 heavy (non-hydrogen) atoms. The molecule has 5 rings (SSSR count). The minimum atomic E-state index is -0.993. The van der Waals surface area contributed by atoms with E-state index in [9.17, 15) is 9.59 Å². The van der Waals surface area contributed by atoms with Gasteiger partial charge in [-0.2, -0.15) is 0 Å². The van der Waals surface area contributed by atoms with Crippen LogP contribution in [0.25, 0.3) is 6.08 Å². The second-order valence-electron chi connectivity index (χ2n) is 8.97. The van der Waals surface area contributed by atoms with Crippen molar-refractivity contribution in [3.8, 4) is 5.75 Å². The molecular formula is C29H26ClN3O5S. The van der Waals surface area contributed by atoms with E-state index < -0.39 is 5.97 Å². The van der Waals surface area contributed by atoms with Crippen LogP contribution in [0.4, 0.5) is 11.4 Å². The number of likely N-dealkylation sites (N-methyl/N-ethyl adjacent to an activating group) is 1. The maximum Gasteiger partial charge on any atom is 0.335 e. The summed E-state index contributed by atoms with van der Waals surface area (Å²) < 4.78 is 11.2. The van der Waals surface area contributed by atoms with Crippen LogP contribution in [0, 0.1) is 0 Å². The summed E-state index contributed by atoms with van der Waals surface area (Å²) in [5.74, 6) is -0.671. The van der Waals surface area contributed by atoms with E-state index in [1.807, 2.05) is 30.3 Å². The topological polar surface area (TPSA) is 91.7 Å². The maximum absolute atomic E-state index is 12.9. The van der Waals surface area contributed by atoms with Crippen LogP contribution in [0.1, 0.15) is 21.5 Å². The third kappa shape index (κ3) is 6.44. The van der Waals surface area contributed by atoms with E-state index in [0.717, 1.165) is 48.8 Å². The van der Waals surface area contributed by atoms with Crippen LogP contribution in [0.15, 0.2) is 76.6 Å². The number of aliphatic imine (C=N–C) groups is 1. The van der Waals surface area contributed by atoms with Gasteiger partial charge in [-0.05, 0) is 77.5 Å². The average molecular weight is 564 g/mol. The fraction of sp³-hybridized carbons (Fsp3) is 0.207. The van der Waals surface area contributed by atoms with Gasteiger partial charge in [-0.15, -0.1) is 0 Å². The van der Waals surface area contributed by atoms with E-state index >= 15 is 0 Å². The van der Waals surface area contributed by atoms with Crippen molar-refractivity contribution >= 4 is 57.9 Å². The molecule has 0 radical (unpaired) electrons. The van der Waals surface area contributed by atoms with Crippen LogP contribution >= 0.6 is 23.4 Å². The highest BCUT2D eigenvalue weighted by Gasteiger charge is 2.30. The maximum atomic E-state index is 12.9. The Morgan fingerprint density at radius 2 is 1.90 bits per heavy atom. The molecule has 0 aliphatic carbocycles. The number of ether oxygens (including phenoxy) is 2. The predicted molar refractivity (Wildman–Crippen MR) is 154 cm³/mol. The van der Waals surface area contributed by atoms with E-state index in [1.54, 1.807) is 43.5 Å². The van der Waals surface area contributed by atoms with E-state index in [-0.39, 0.29) is 18.1 Å². The number of aromatic carboxylic acids is 1. The summed E-state index contributed by atoms with van der Waals surface area (Å²) in [5, 5.41) is 10.1. The van der Waals surface area contributed by atoms with Crippen LogP contribution in [-0.4, -0.2) is 60.4 Å². The Balaban J connectivity index is 1.25. The number of thioether (sulfide) groups is 1. The molecule has 2 saturated heterocycles. The van der Waals surface area contributed by atoms with E-state index in [4.69, 9.17) is 26.2 Å². The van der Waals surface area contributed by atoms with E-state index in [1.165, 1.54) is 22.7 Å². The molecule has 0 aromatic heterocycles. The Hall–Kier alpha value is -3.79. The van der Waals surface area contributed by atoms with Gasteiger partial charge in [0.1, 0.15) is 12.4 Å². The highest BCUT2D eigenvalue weighted by atomic mass is 35.5. The molecule has 0 bridgehead atoms. The molecule has 3 aromatic rings. The minimum Gasteiger partial charge on any atom is -0.487 e. The Morgan fingerprint density at radius 1 is 1.13 bits per heavy atom. The molecule has 200 valence electrons. The number of hydrogen-bond donors (Lipinski definition) is 1. The van der Waals surface area contributed by atoms with Gasteiger partial charge < -0.3 is 19.5 Å². The normalized spacial score (nSPS) is 17.7. The number of rotatable bonds is 7. The highest BCUT2D eigenvalue weighted by Crippen LogP contribution is 2.35. The third-order valence-electron chi connectivity index (χ3n) is 6.28. The number of morpholine rings is 1. The zero-order chi connectivity index (χ0) is 27.4. The number of halogens is 1. The number of carboxylic acid groups (broad SMARTS) is 1. The number of carbonyl (C=O) groups is 2. The van der Waals surface area contributed by atoms with Crippen LogP contribution in [0.2, 0.25) is 5.02 Å². The van der Waals surface area contributed by atoms with Gasteiger partial charge in [-0.3, -0.25) is 9.69 Å². The molecule has 2 aliphatic heterocycles. The fourth-order valence-corrected chi connectivity index (χ4v) is 5.38. The second kappa shape index (κ2) is 11.9. The number of hydrogen-bond acceptors (Lipinski definition) is 7. The van der Waals surface area contributed by atoms with Gasteiger partial charge in [0.05, 0.1) is 34.4 Å². The van der Waals surface area contributed by atoms with Crippen molar-refractivity contribution in [3.05, 3.63) is 93.3 Å². The lowest BCUT2D eigenvalue weighted by Gasteiger charge is -2.28. The number of amidine groups is 1. The van der Waals surface area contributed by atoms with Gasteiger partial charge >= 0.3 is 5.97 Å². The van der Waals surface area contributed by atoms with Crippen molar-refractivity contribution in [2.24, 2.45) is 4.99 Å². The summed E-state index contributed by atoms with van der Waals surface area (Å²) >= 11 is 7.76. The molecule has 1 N–H and O–H groups in total. The van der Waals surface area contributed by atoms with Crippen molar-refractivity contribution < 1.29 is 24.2 Å². The largest absolute Gasteiger partial charge is 0.487 e. The van der Waals surface area contributed by atoms with Crippen LogP contribution in [-0.2, 0) is 16.1 Å². The lowest BCUT2D eigenvalue weighted by molar-refractivity contribution is -0.121. The number of amides is 1. The minimum absolute atomic E-state index is 0.140. The molecule has 2 heterocycles. The molecule has 0 atom stereocenters. The average Bonchev–Trinajstić information content (AvgIpc) is 3.21. The SMILES string of the molecule is CN1C(=O)/C(=C/c2ccc(OCc3cccc(C(=O)O)c3)c(Cl)c2)SC1=Nc1ccc(N2CCOCC2)cc1. The van der Waals surface area contributed by atoms with E-state index in [2.05, 4.69) is 9.89 Å². The first kappa shape index (κ1) is 26.8. The van der Waals surface area contributed by atoms with Crippen LogP contribution in [0.3, 0.4) is 0 Å². The van der Waals surface area contributed by atoms with Crippen molar-refractivity contribution in [1.82, 2.24) is 4.90 Å². The van der Waals surface area contributed by atoms with Crippen molar-refractivity contribution in [1.29, 1.82) is 0 Å². The van der Waals surface area contributed by atoms with Gasteiger partial charge in [0, 0.05) is 25.8 Å². The zero-order valence-electron chi connectivity index (χ0n) is 21.2. The van der Waals surface area contributed by atoms with Gasteiger partial charge in [-0.1, -0.05) is 29.8 Å². The number of benzene rings is 3. The molecule has 1 amide bonds. The molecule has 0 spiro atoms. The molecule has 8 nitrogen and oxygen atoms in total. The van der Waals surface area contributed by atoms with Gasteiger partial charge in [-0.25, -0.2) is 9.79 Å². The zero-order valence-corrected chi connectivity index (χ0v) is 22.7. The summed E-state index contributed by atoms with van der Waals surface area (Å²) in [6, 6.07) is 19.8. The highest BCUT2D eigenvalue weighted by molar-refractivity contribution is 8.18. The van der Waals surface area contributed by atoms with Gasteiger partial charge in [0.25, 0.3) is 5.91 Å². The smallest absolute Gasteiger partial charge is 0.335 e. The lowest BCUT2D eigenvalue weighted by Crippen LogP contribution is -2.36. The third-order valence-corrected chi connectivity index (χ3v) is 7.63. The molecular weight excluding hydrogens is 538 g/mol. The number of anilines is 1. The number of nitrogens with zero attached hydrogens (tertiary/aromatic N) is 3. The van der Waals surface area contributed by atoms with Crippen molar-refractivity contribution in [2.75, 3.05) is 38.3 Å². The monoisotopic (exact) mass is 563 g/mol. The first-order valence-electron chi connectivity index (χ1n) is 12.3. The molecule has 0 saturated carbocycles. The Bertz CT molecular complexity index is 1450. The Labute approximate surface area is 235 Å². The Kier molecular flexibility index (Phi) is 8.21. The van der Waals surface area contributed by atoms with Crippen molar-refractivity contribution in [2.45, 2.75) is 6.61 Å². The van der Waals surface area contributed by atoms with Gasteiger partial charge in [0.15, 0.2) is 5.17 Å². The quantitative estimate of drug-likeness (QED) is 0.369. The summed E-state index contributed by atoms with van der Waals surface area (Å²) in [4.78, 5) is 33.1. The molecule has 3 aromatic carbocycles. The lowest BCUT2D eigenvalue weighted by atomic mass is 10.1. The van der Waals surface area contributed by atoms with Crippen LogP contribution < -0.4 is 9.64 Å².